The van der Waals surface area contributed by atoms with E-state index in [0.29, 0.717) is 23.5 Å². The summed E-state index contributed by atoms with van der Waals surface area (Å²) >= 11 is 0. The maximum absolute atomic E-state index is 12.6. The molecule has 1 aliphatic heterocycles. The van der Waals surface area contributed by atoms with Crippen LogP contribution in [0.15, 0.2) is 42.5 Å². The van der Waals surface area contributed by atoms with E-state index in [9.17, 15) is 19.2 Å². The molecule has 2 aromatic carbocycles. The third-order valence-electron chi connectivity index (χ3n) is 5.52. The quantitative estimate of drug-likeness (QED) is 0.549. The number of hydrogen-bond donors (Lipinski definition) is 4. The van der Waals surface area contributed by atoms with Gasteiger partial charge in [0.15, 0.2) is 0 Å². The van der Waals surface area contributed by atoms with E-state index in [0.717, 1.165) is 5.56 Å². The Balaban J connectivity index is 1.62. The van der Waals surface area contributed by atoms with Crippen molar-refractivity contribution in [2.45, 2.75) is 47.1 Å². The van der Waals surface area contributed by atoms with Crippen LogP contribution >= 0.6 is 0 Å². The molecule has 0 aliphatic carbocycles. The number of imide groups is 1. The van der Waals surface area contributed by atoms with Crippen LogP contribution in [0.25, 0.3) is 0 Å². The van der Waals surface area contributed by atoms with Gasteiger partial charge in [-0.2, -0.15) is 0 Å². The smallest absolute Gasteiger partial charge is 0.326 e. The topological polar surface area (TPSA) is 120 Å². The molecule has 3 rings (SSSR count). The highest BCUT2D eigenvalue weighted by Gasteiger charge is 2.39. The van der Waals surface area contributed by atoms with E-state index in [2.05, 4.69) is 21.4 Å². The van der Waals surface area contributed by atoms with Crippen molar-refractivity contribution in [3.05, 3.63) is 59.2 Å². The number of amides is 5. The monoisotopic (exact) mass is 465 g/mol. The van der Waals surface area contributed by atoms with E-state index in [4.69, 9.17) is 0 Å². The van der Waals surface area contributed by atoms with Gasteiger partial charge in [-0.05, 0) is 62.7 Å². The minimum atomic E-state index is -0.709. The molecule has 0 unspecified atom stereocenters. The minimum absolute atomic E-state index is 0.155. The van der Waals surface area contributed by atoms with Gasteiger partial charge in [-0.1, -0.05) is 26.8 Å². The lowest BCUT2D eigenvalue weighted by atomic mass is 9.95. The normalized spacial score (nSPS) is 14.6. The van der Waals surface area contributed by atoms with Gasteiger partial charge in [0.1, 0.15) is 0 Å². The van der Waals surface area contributed by atoms with E-state index in [-0.39, 0.29) is 22.9 Å². The molecule has 0 bridgehead atoms. The number of hydrogen-bond acceptors (Lipinski definition) is 5. The second-order valence-corrected chi connectivity index (χ2v) is 10.0. The van der Waals surface area contributed by atoms with Crippen LogP contribution in [0.2, 0.25) is 0 Å². The molecule has 9 heteroatoms. The van der Waals surface area contributed by atoms with Crippen molar-refractivity contribution in [1.82, 2.24) is 15.8 Å². The molecule has 180 valence electrons. The minimum Gasteiger partial charge on any atom is -0.326 e. The van der Waals surface area contributed by atoms with Crippen LogP contribution in [0.3, 0.4) is 0 Å². The molecule has 1 fully saturated rings. The number of benzene rings is 2. The molecule has 1 heterocycles. The molecule has 0 spiro atoms. The molecule has 0 aromatic heterocycles. The molecule has 0 radical (unpaired) electrons. The molecule has 2 aromatic rings. The first kappa shape index (κ1) is 24.9. The summed E-state index contributed by atoms with van der Waals surface area (Å²) in [6, 6.07) is 10.5. The summed E-state index contributed by atoms with van der Waals surface area (Å²) in [5.74, 6) is -0.944. The Morgan fingerprint density at radius 3 is 2.09 bits per heavy atom. The van der Waals surface area contributed by atoms with Crippen molar-refractivity contribution in [2.24, 2.45) is 5.41 Å². The summed E-state index contributed by atoms with van der Waals surface area (Å²) in [7, 11) is 0. The lowest BCUT2D eigenvalue weighted by Gasteiger charge is -2.48. The molecular weight excluding hydrogens is 434 g/mol. The van der Waals surface area contributed by atoms with E-state index in [1.807, 2.05) is 13.8 Å². The van der Waals surface area contributed by atoms with Crippen molar-refractivity contribution >= 4 is 35.1 Å². The first-order valence-electron chi connectivity index (χ1n) is 11.0. The maximum Gasteiger partial charge on any atom is 0.326 e. The van der Waals surface area contributed by atoms with Gasteiger partial charge in [0.2, 0.25) is 5.91 Å². The van der Waals surface area contributed by atoms with Crippen LogP contribution in [0.1, 0.15) is 60.9 Å². The Morgan fingerprint density at radius 2 is 1.56 bits per heavy atom. The lowest BCUT2D eigenvalue weighted by molar-refractivity contribution is -0.123. The van der Waals surface area contributed by atoms with Gasteiger partial charge < -0.3 is 10.6 Å². The lowest BCUT2D eigenvalue weighted by Crippen LogP contribution is -2.70. The van der Waals surface area contributed by atoms with Gasteiger partial charge in [0.25, 0.3) is 11.8 Å². The van der Waals surface area contributed by atoms with Gasteiger partial charge >= 0.3 is 6.03 Å². The fraction of sp³-hybridized carbons (Fsp3) is 0.360. The summed E-state index contributed by atoms with van der Waals surface area (Å²) < 4.78 is 0. The predicted molar refractivity (Wildman–Crippen MR) is 130 cm³/mol. The third kappa shape index (κ3) is 5.60. The van der Waals surface area contributed by atoms with Crippen molar-refractivity contribution in [3.8, 4) is 0 Å². The highest BCUT2D eigenvalue weighted by Crippen LogP contribution is 2.24. The number of nitrogens with zero attached hydrogens (tertiary/aromatic N) is 1. The zero-order chi connectivity index (χ0) is 25.3. The van der Waals surface area contributed by atoms with Crippen LogP contribution in [0.5, 0.6) is 0 Å². The van der Waals surface area contributed by atoms with Crippen molar-refractivity contribution in [2.75, 3.05) is 17.2 Å². The second kappa shape index (κ2) is 9.26. The van der Waals surface area contributed by atoms with Gasteiger partial charge in [0.05, 0.1) is 5.54 Å². The summed E-state index contributed by atoms with van der Waals surface area (Å²) in [5, 5.41) is 9.28. The fourth-order valence-electron chi connectivity index (χ4n) is 3.20. The Kier molecular flexibility index (Phi) is 6.79. The highest BCUT2D eigenvalue weighted by atomic mass is 16.2. The van der Waals surface area contributed by atoms with Crippen LogP contribution in [-0.4, -0.2) is 40.8 Å². The Morgan fingerprint density at radius 1 is 0.941 bits per heavy atom. The summed E-state index contributed by atoms with van der Waals surface area (Å²) in [4.78, 5) is 49.7. The molecule has 1 saturated heterocycles. The number of nitrogens with one attached hydrogen (secondary N) is 4. The summed E-state index contributed by atoms with van der Waals surface area (Å²) in [6.07, 6.45) is 0. The first-order valence-corrected chi connectivity index (χ1v) is 11.0. The summed E-state index contributed by atoms with van der Waals surface area (Å²) in [6.45, 7) is 11.8. The van der Waals surface area contributed by atoms with E-state index < -0.39 is 17.4 Å². The largest absolute Gasteiger partial charge is 0.326 e. The van der Waals surface area contributed by atoms with Crippen LogP contribution in [0.4, 0.5) is 16.2 Å². The second-order valence-electron chi connectivity index (χ2n) is 10.0. The fourth-order valence-corrected chi connectivity index (χ4v) is 3.20. The SMILES string of the molecule is Cc1ccc(NC(=O)C(C)(C)C)cc1NC(=O)NC(=O)c1ccc(C(=O)N2NCC2(C)C)cc1. The van der Waals surface area contributed by atoms with Gasteiger partial charge in [-0.15, -0.1) is 0 Å². The van der Waals surface area contributed by atoms with Crippen molar-refractivity contribution in [1.29, 1.82) is 0 Å². The number of anilines is 2. The summed E-state index contributed by atoms with van der Waals surface area (Å²) in [5.41, 5.74) is 4.58. The van der Waals surface area contributed by atoms with Crippen molar-refractivity contribution < 1.29 is 19.2 Å². The standard InChI is InChI=1S/C25H31N5O4/c1-15-7-12-18(27-22(33)24(2,3)4)13-19(15)28-23(34)29-20(31)16-8-10-17(11-9-16)21(32)30-25(5,6)14-26-30/h7-13,26H,14H2,1-6H3,(H,27,33)(H2,28,29,31,34). The number of carbonyl (C=O) groups is 4. The number of rotatable bonds is 4. The number of hydrazine groups is 1. The molecule has 34 heavy (non-hydrogen) atoms. The van der Waals surface area contributed by atoms with E-state index in [1.165, 1.54) is 12.1 Å². The average molecular weight is 466 g/mol. The van der Waals surface area contributed by atoms with Crippen LogP contribution in [-0.2, 0) is 4.79 Å². The Labute approximate surface area is 199 Å². The first-order chi connectivity index (χ1) is 15.8. The molecule has 4 N–H and O–H groups in total. The molecular formula is C25H31N5O4. The number of urea groups is 1. The van der Waals surface area contributed by atoms with Crippen LogP contribution in [0, 0.1) is 12.3 Å². The molecule has 1 aliphatic rings. The zero-order valence-electron chi connectivity index (χ0n) is 20.3. The predicted octanol–water partition coefficient (Wildman–Crippen LogP) is 3.68. The van der Waals surface area contributed by atoms with E-state index >= 15 is 0 Å². The molecule has 5 amide bonds. The molecule has 9 nitrogen and oxygen atoms in total. The molecule has 0 saturated carbocycles. The third-order valence-corrected chi connectivity index (χ3v) is 5.52. The van der Waals surface area contributed by atoms with Crippen molar-refractivity contribution in [3.63, 3.8) is 0 Å². The Bertz CT molecular complexity index is 1130. The van der Waals surface area contributed by atoms with E-state index in [1.54, 1.807) is 63.0 Å². The average Bonchev–Trinajstić information content (AvgIpc) is 2.74. The highest BCUT2D eigenvalue weighted by molar-refractivity contribution is 6.08. The van der Waals surface area contributed by atoms with Crippen LogP contribution < -0.4 is 21.4 Å². The number of aryl methyl sites for hydroxylation is 1. The van der Waals surface area contributed by atoms with Gasteiger partial charge in [0, 0.05) is 34.5 Å². The maximum atomic E-state index is 12.6. The van der Waals surface area contributed by atoms with Gasteiger partial charge in [-0.3, -0.25) is 24.7 Å². The molecule has 0 atom stereocenters. The van der Waals surface area contributed by atoms with Gasteiger partial charge in [-0.25, -0.2) is 10.2 Å². The Hall–Kier alpha value is -3.72. The zero-order valence-corrected chi connectivity index (χ0v) is 20.3. The number of carbonyl (C=O) groups excluding carboxylic acids is 4.